The number of halogens is 1. The van der Waals surface area contributed by atoms with E-state index in [1.165, 1.54) is 4.88 Å². The SMILES string of the molecule is CN(Cc1cc(Br)cs1)CC1CNc2ccccc2O1. The molecule has 1 unspecified atom stereocenters. The van der Waals surface area contributed by atoms with E-state index in [-0.39, 0.29) is 6.10 Å². The Morgan fingerprint density at radius 2 is 2.30 bits per heavy atom. The van der Waals surface area contributed by atoms with Gasteiger partial charge < -0.3 is 10.1 Å². The van der Waals surface area contributed by atoms with Crippen LogP contribution in [-0.2, 0) is 6.54 Å². The molecular formula is C15H17BrN2OS. The van der Waals surface area contributed by atoms with Crippen molar-refractivity contribution in [1.82, 2.24) is 4.90 Å². The van der Waals surface area contributed by atoms with Crippen molar-refractivity contribution in [2.75, 3.05) is 25.5 Å². The third-order valence-electron chi connectivity index (χ3n) is 3.26. The number of anilines is 1. The van der Waals surface area contributed by atoms with Gasteiger partial charge in [0.05, 0.1) is 12.2 Å². The molecule has 0 amide bonds. The third-order valence-corrected chi connectivity index (χ3v) is 4.95. The van der Waals surface area contributed by atoms with E-state index >= 15 is 0 Å². The summed E-state index contributed by atoms with van der Waals surface area (Å²) in [5, 5.41) is 5.55. The molecule has 1 aromatic carbocycles. The molecule has 1 aromatic heterocycles. The number of fused-ring (bicyclic) bond motifs is 1. The maximum atomic E-state index is 6.04. The number of nitrogens with one attached hydrogen (secondary N) is 1. The molecule has 0 aliphatic carbocycles. The molecule has 1 aliphatic rings. The number of benzene rings is 1. The van der Waals surface area contributed by atoms with Gasteiger partial charge in [0.15, 0.2) is 0 Å². The van der Waals surface area contributed by atoms with Crippen molar-refractivity contribution in [2.24, 2.45) is 0 Å². The van der Waals surface area contributed by atoms with Crippen LogP contribution < -0.4 is 10.1 Å². The Morgan fingerprint density at radius 3 is 3.10 bits per heavy atom. The van der Waals surface area contributed by atoms with Crippen molar-refractivity contribution >= 4 is 33.0 Å². The number of nitrogens with zero attached hydrogens (tertiary/aromatic N) is 1. The van der Waals surface area contributed by atoms with E-state index < -0.39 is 0 Å². The van der Waals surface area contributed by atoms with Crippen LogP contribution in [0.2, 0.25) is 0 Å². The number of likely N-dealkylation sites (N-methyl/N-ethyl adjacent to an activating group) is 1. The van der Waals surface area contributed by atoms with E-state index in [0.29, 0.717) is 0 Å². The molecule has 0 saturated heterocycles. The monoisotopic (exact) mass is 352 g/mol. The number of hydrogen-bond acceptors (Lipinski definition) is 4. The lowest BCUT2D eigenvalue weighted by molar-refractivity contribution is 0.148. The van der Waals surface area contributed by atoms with Crippen LogP contribution in [0.1, 0.15) is 4.88 Å². The molecular weight excluding hydrogens is 336 g/mol. The van der Waals surface area contributed by atoms with Crippen LogP contribution >= 0.6 is 27.3 Å². The van der Waals surface area contributed by atoms with Gasteiger partial charge in [0.2, 0.25) is 0 Å². The highest BCUT2D eigenvalue weighted by atomic mass is 79.9. The number of para-hydroxylation sites is 2. The van der Waals surface area contributed by atoms with Crippen LogP contribution in [0.25, 0.3) is 0 Å². The summed E-state index contributed by atoms with van der Waals surface area (Å²) < 4.78 is 7.20. The molecule has 3 nitrogen and oxygen atoms in total. The highest BCUT2D eigenvalue weighted by Crippen LogP contribution is 2.28. The fourth-order valence-electron chi connectivity index (χ4n) is 2.38. The van der Waals surface area contributed by atoms with Gasteiger partial charge in [-0.3, -0.25) is 4.90 Å². The summed E-state index contributed by atoms with van der Waals surface area (Å²) in [6.07, 6.45) is 0.193. The number of hydrogen-bond donors (Lipinski definition) is 1. The number of thiophene rings is 1. The predicted molar refractivity (Wildman–Crippen MR) is 87.7 cm³/mol. The largest absolute Gasteiger partial charge is 0.485 e. The molecule has 1 N–H and O–H groups in total. The minimum absolute atomic E-state index is 0.193. The van der Waals surface area contributed by atoms with Gasteiger partial charge in [-0.1, -0.05) is 12.1 Å². The number of rotatable bonds is 4. The molecule has 2 aromatic rings. The average Bonchev–Trinajstić information content (AvgIpc) is 2.83. The van der Waals surface area contributed by atoms with Gasteiger partial charge in [-0.2, -0.15) is 0 Å². The zero-order valence-corrected chi connectivity index (χ0v) is 13.7. The van der Waals surface area contributed by atoms with Gasteiger partial charge in [-0.05, 0) is 41.2 Å². The minimum atomic E-state index is 0.193. The summed E-state index contributed by atoms with van der Waals surface area (Å²) in [7, 11) is 2.14. The summed E-state index contributed by atoms with van der Waals surface area (Å²) in [6, 6.07) is 10.3. The summed E-state index contributed by atoms with van der Waals surface area (Å²) in [4.78, 5) is 3.67. The van der Waals surface area contributed by atoms with Gasteiger partial charge in [0.1, 0.15) is 11.9 Å². The first-order valence-corrected chi connectivity index (χ1v) is 8.29. The Bertz CT molecular complexity index is 587. The molecule has 1 aliphatic heterocycles. The summed E-state index contributed by atoms with van der Waals surface area (Å²) in [5.74, 6) is 0.955. The standard InChI is InChI=1S/C15H17BrN2OS/c1-18(9-13-6-11(16)10-20-13)8-12-7-17-14-4-2-3-5-15(14)19-12/h2-6,10,12,17H,7-9H2,1H3. The lowest BCUT2D eigenvalue weighted by Crippen LogP contribution is -2.39. The molecule has 1 atom stereocenters. The second-order valence-electron chi connectivity index (χ2n) is 5.04. The smallest absolute Gasteiger partial charge is 0.142 e. The second-order valence-corrected chi connectivity index (χ2v) is 6.96. The van der Waals surface area contributed by atoms with E-state index in [1.54, 1.807) is 11.3 Å². The van der Waals surface area contributed by atoms with Gasteiger partial charge >= 0.3 is 0 Å². The lowest BCUT2D eigenvalue weighted by Gasteiger charge is -2.30. The van der Waals surface area contributed by atoms with Gasteiger partial charge in [-0.25, -0.2) is 0 Å². The number of ether oxygens (including phenoxy) is 1. The maximum absolute atomic E-state index is 6.04. The van der Waals surface area contributed by atoms with E-state index in [9.17, 15) is 0 Å². The minimum Gasteiger partial charge on any atom is -0.485 e. The van der Waals surface area contributed by atoms with Crippen LogP contribution in [0, 0.1) is 0 Å². The van der Waals surface area contributed by atoms with Crippen molar-refractivity contribution in [3.05, 3.63) is 45.1 Å². The molecule has 0 bridgehead atoms. The summed E-state index contributed by atoms with van der Waals surface area (Å²) in [5.41, 5.74) is 1.09. The zero-order valence-electron chi connectivity index (χ0n) is 11.3. The molecule has 0 radical (unpaired) electrons. The fourth-order valence-corrected chi connectivity index (χ4v) is 3.91. The third kappa shape index (κ3) is 3.34. The second kappa shape index (κ2) is 6.16. The van der Waals surface area contributed by atoms with Gasteiger partial charge in [-0.15, -0.1) is 11.3 Å². The molecule has 106 valence electrons. The van der Waals surface area contributed by atoms with Crippen LogP contribution in [0.3, 0.4) is 0 Å². The Labute approximate surface area is 131 Å². The quantitative estimate of drug-likeness (QED) is 0.905. The van der Waals surface area contributed by atoms with Crippen molar-refractivity contribution in [1.29, 1.82) is 0 Å². The van der Waals surface area contributed by atoms with Crippen molar-refractivity contribution in [3.63, 3.8) is 0 Å². The highest BCUT2D eigenvalue weighted by Gasteiger charge is 2.20. The maximum Gasteiger partial charge on any atom is 0.142 e. The first kappa shape index (κ1) is 13.9. The molecule has 3 rings (SSSR count). The van der Waals surface area contributed by atoms with E-state index in [2.05, 4.69) is 50.7 Å². The molecule has 2 heterocycles. The topological polar surface area (TPSA) is 24.5 Å². The van der Waals surface area contributed by atoms with Crippen LogP contribution in [0.5, 0.6) is 5.75 Å². The molecule has 0 saturated carbocycles. The first-order chi connectivity index (χ1) is 9.70. The van der Waals surface area contributed by atoms with Crippen molar-refractivity contribution in [3.8, 4) is 5.75 Å². The van der Waals surface area contributed by atoms with Crippen LogP contribution in [0.15, 0.2) is 40.2 Å². The lowest BCUT2D eigenvalue weighted by atomic mass is 10.2. The normalized spacial score (nSPS) is 17.4. The first-order valence-electron chi connectivity index (χ1n) is 6.62. The Kier molecular flexibility index (Phi) is 4.29. The van der Waals surface area contributed by atoms with Gasteiger partial charge in [0, 0.05) is 27.8 Å². The van der Waals surface area contributed by atoms with Crippen molar-refractivity contribution < 1.29 is 4.74 Å². The van der Waals surface area contributed by atoms with Crippen LogP contribution in [-0.4, -0.2) is 31.1 Å². The summed E-state index contributed by atoms with van der Waals surface area (Å²) in [6.45, 7) is 2.73. The molecule has 0 fully saturated rings. The predicted octanol–water partition coefficient (Wildman–Crippen LogP) is 3.82. The highest BCUT2D eigenvalue weighted by molar-refractivity contribution is 9.10. The van der Waals surface area contributed by atoms with Crippen LogP contribution in [0.4, 0.5) is 5.69 Å². The average molecular weight is 353 g/mol. The Balaban J connectivity index is 1.56. The zero-order chi connectivity index (χ0) is 13.9. The Morgan fingerprint density at radius 1 is 1.45 bits per heavy atom. The van der Waals surface area contributed by atoms with Crippen molar-refractivity contribution in [2.45, 2.75) is 12.6 Å². The Hall–Kier alpha value is -1.04. The van der Waals surface area contributed by atoms with E-state index in [1.807, 2.05) is 18.2 Å². The molecule has 5 heteroatoms. The molecule has 20 heavy (non-hydrogen) atoms. The van der Waals surface area contributed by atoms with Gasteiger partial charge in [0.25, 0.3) is 0 Å². The molecule has 0 spiro atoms. The fraction of sp³-hybridized carbons (Fsp3) is 0.333. The summed E-state index contributed by atoms with van der Waals surface area (Å²) >= 11 is 5.28. The van der Waals surface area contributed by atoms with E-state index in [0.717, 1.165) is 35.5 Å². The van der Waals surface area contributed by atoms with E-state index in [4.69, 9.17) is 4.74 Å².